The van der Waals surface area contributed by atoms with E-state index in [0.717, 1.165) is 11.1 Å². The summed E-state index contributed by atoms with van der Waals surface area (Å²) in [6.07, 6.45) is 0. The molecule has 1 aliphatic heterocycles. The first kappa shape index (κ1) is 16.5. The Morgan fingerprint density at radius 1 is 1.21 bits per heavy atom. The lowest BCUT2D eigenvalue weighted by Gasteiger charge is -2.31. The number of anilines is 1. The van der Waals surface area contributed by atoms with Gasteiger partial charge in [-0.2, -0.15) is 0 Å². The number of hydrogen-bond acceptors (Lipinski definition) is 5. The van der Waals surface area contributed by atoms with Gasteiger partial charge in [-0.25, -0.2) is 13.9 Å². The van der Waals surface area contributed by atoms with Gasteiger partial charge in [0.1, 0.15) is 0 Å². The van der Waals surface area contributed by atoms with Gasteiger partial charge >= 0.3 is 0 Å². The predicted octanol–water partition coefficient (Wildman–Crippen LogP) is 1.91. The van der Waals surface area contributed by atoms with Gasteiger partial charge in [0.2, 0.25) is 0 Å². The molecule has 0 fully saturated rings. The van der Waals surface area contributed by atoms with E-state index in [-0.39, 0.29) is 16.2 Å². The third kappa shape index (κ3) is 3.13. The minimum Gasteiger partial charge on any atom is -0.365 e. The minimum absolute atomic E-state index is 0.0391. The van der Waals surface area contributed by atoms with Gasteiger partial charge in [-0.3, -0.25) is 10.0 Å². The Balaban J connectivity index is 2.01. The molecule has 2 aromatic carbocycles. The molecule has 24 heavy (non-hydrogen) atoms. The zero-order chi connectivity index (χ0) is 17.3. The summed E-state index contributed by atoms with van der Waals surface area (Å²) in [5.41, 5.74) is 4.48. The lowest BCUT2D eigenvalue weighted by Crippen LogP contribution is -2.35. The molecule has 2 N–H and O–H groups in total. The molecule has 0 saturated heterocycles. The summed E-state index contributed by atoms with van der Waals surface area (Å²) in [6, 6.07) is 12.4. The second-order valence-electron chi connectivity index (χ2n) is 5.85. The molecule has 0 radical (unpaired) electrons. The summed E-state index contributed by atoms with van der Waals surface area (Å²) >= 11 is 0. The standard InChI is InChI=1S/C17H18N2O4S/c1-12-2-4-13(5-3-12)11-19-8-9-24(22,23)16-7-6-14(10-15(16)19)17(20)18-21/h2-7,10,21H,8-9,11H2,1H3,(H,18,20). The lowest BCUT2D eigenvalue weighted by molar-refractivity contribution is 0.0706. The number of nitrogens with zero attached hydrogens (tertiary/aromatic N) is 1. The molecule has 1 heterocycles. The summed E-state index contributed by atoms with van der Waals surface area (Å²) in [5.74, 6) is -0.631. The molecule has 0 spiro atoms. The van der Waals surface area contributed by atoms with Crippen LogP contribution in [-0.4, -0.2) is 31.8 Å². The Morgan fingerprint density at radius 3 is 2.58 bits per heavy atom. The fourth-order valence-electron chi connectivity index (χ4n) is 2.77. The van der Waals surface area contributed by atoms with Crippen LogP contribution in [0.15, 0.2) is 47.4 Å². The molecule has 0 unspecified atom stereocenters. The average molecular weight is 346 g/mol. The van der Waals surface area contributed by atoms with E-state index >= 15 is 0 Å². The SMILES string of the molecule is Cc1ccc(CN2CCS(=O)(=O)c3ccc(C(=O)NO)cc32)cc1. The number of hydrogen-bond donors (Lipinski definition) is 2. The number of benzene rings is 2. The zero-order valence-corrected chi connectivity index (χ0v) is 14.0. The Kier molecular flexibility index (Phi) is 4.29. The molecule has 126 valence electrons. The van der Waals surface area contributed by atoms with Crippen molar-refractivity contribution in [1.29, 1.82) is 0 Å². The number of rotatable bonds is 3. The highest BCUT2D eigenvalue weighted by Gasteiger charge is 2.29. The number of aryl methyl sites for hydroxylation is 1. The number of fused-ring (bicyclic) bond motifs is 1. The average Bonchev–Trinajstić information content (AvgIpc) is 2.58. The Labute approximate surface area is 140 Å². The highest BCUT2D eigenvalue weighted by Crippen LogP contribution is 2.32. The van der Waals surface area contributed by atoms with Gasteiger partial charge in [0.15, 0.2) is 9.84 Å². The summed E-state index contributed by atoms with van der Waals surface area (Å²) in [5, 5.41) is 8.79. The molecule has 3 rings (SSSR count). The van der Waals surface area contributed by atoms with Crippen molar-refractivity contribution in [1.82, 2.24) is 5.48 Å². The summed E-state index contributed by atoms with van der Waals surface area (Å²) in [6.45, 7) is 2.91. The van der Waals surface area contributed by atoms with Crippen LogP contribution in [0, 0.1) is 6.92 Å². The molecule has 2 aromatic rings. The van der Waals surface area contributed by atoms with E-state index in [2.05, 4.69) is 0 Å². The van der Waals surface area contributed by atoms with Crippen LogP contribution >= 0.6 is 0 Å². The molecule has 7 heteroatoms. The highest BCUT2D eigenvalue weighted by molar-refractivity contribution is 7.91. The number of carbonyl (C=O) groups is 1. The molecule has 0 bridgehead atoms. The highest BCUT2D eigenvalue weighted by atomic mass is 32.2. The molecular formula is C17H18N2O4S. The first-order chi connectivity index (χ1) is 11.4. The van der Waals surface area contributed by atoms with E-state index < -0.39 is 15.7 Å². The quantitative estimate of drug-likeness (QED) is 0.655. The molecule has 0 aromatic heterocycles. The molecule has 0 atom stereocenters. The van der Waals surface area contributed by atoms with E-state index in [0.29, 0.717) is 18.8 Å². The monoisotopic (exact) mass is 346 g/mol. The van der Waals surface area contributed by atoms with Crippen molar-refractivity contribution in [2.24, 2.45) is 0 Å². The van der Waals surface area contributed by atoms with Gasteiger partial charge in [-0.1, -0.05) is 29.8 Å². The minimum atomic E-state index is -3.36. The van der Waals surface area contributed by atoms with Gasteiger partial charge in [0.25, 0.3) is 5.91 Å². The maximum Gasteiger partial charge on any atom is 0.274 e. The molecular weight excluding hydrogens is 328 g/mol. The van der Waals surface area contributed by atoms with Crippen molar-refractivity contribution in [3.63, 3.8) is 0 Å². The first-order valence-electron chi connectivity index (χ1n) is 7.52. The number of sulfone groups is 1. The Morgan fingerprint density at radius 2 is 1.92 bits per heavy atom. The van der Waals surface area contributed by atoms with Crippen LogP contribution < -0.4 is 10.4 Å². The lowest BCUT2D eigenvalue weighted by atomic mass is 10.1. The van der Waals surface area contributed by atoms with Crippen LogP contribution in [0.4, 0.5) is 5.69 Å². The Hall–Kier alpha value is -2.38. The topological polar surface area (TPSA) is 86.7 Å². The van der Waals surface area contributed by atoms with Gasteiger partial charge in [-0.05, 0) is 30.7 Å². The predicted molar refractivity (Wildman–Crippen MR) is 90.0 cm³/mol. The van der Waals surface area contributed by atoms with Crippen molar-refractivity contribution in [3.05, 3.63) is 59.2 Å². The van der Waals surface area contributed by atoms with Gasteiger partial charge in [0.05, 0.1) is 16.3 Å². The number of amides is 1. The van der Waals surface area contributed by atoms with Crippen LogP contribution in [-0.2, 0) is 16.4 Å². The van der Waals surface area contributed by atoms with Gasteiger partial charge < -0.3 is 4.90 Å². The molecule has 0 saturated carbocycles. The maximum absolute atomic E-state index is 12.3. The van der Waals surface area contributed by atoms with Crippen molar-refractivity contribution in [2.75, 3.05) is 17.2 Å². The van der Waals surface area contributed by atoms with Crippen LogP contribution in [0.2, 0.25) is 0 Å². The van der Waals surface area contributed by atoms with Crippen LogP contribution in [0.25, 0.3) is 0 Å². The second-order valence-corrected chi connectivity index (χ2v) is 7.93. The molecule has 1 aliphatic rings. The van der Waals surface area contributed by atoms with E-state index in [1.165, 1.54) is 18.2 Å². The Bertz CT molecular complexity index is 876. The maximum atomic E-state index is 12.3. The largest absolute Gasteiger partial charge is 0.365 e. The van der Waals surface area contributed by atoms with Crippen molar-refractivity contribution in [3.8, 4) is 0 Å². The number of carbonyl (C=O) groups excluding carboxylic acids is 1. The van der Waals surface area contributed by atoms with E-state index in [1.807, 2.05) is 36.1 Å². The van der Waals surface area contributed by atoms with Crippen molar-refractivity contribution >= 4 is 21.4 Å². The van der Waals surface area contributed by atoms with E-state index in [4.69, 9.17) is 5.21 Å². The zero-order valence-electron chi connectivity index (χ0n) is 13.2. The first-order valence-corrected chi connectivity index (χ1v) is 9.18. The second kappa shape index (κ2) is 6.26. The van der Waals surface area contributed by atoms with Crippen LogP contribution in [0.1, 0.15) is 21.5 Å². The molecule has 6 nitrogen and oxygen atoms in total. The normalized spacial score (nSPS) is 15.7. The van der Waals surface area contributed by atoms with E-state index in [9.17, 15) is 13.2 Å². The summed E-state index contributed by atoms with van der Waals surface area (Å²) in [4.78, 5) is 13.8. The molecule has 1 amide bonds. The number of nitrogens with one attached hydrogen (secondary N) is 1. The molecule has 0 aliphatic carbocycles. The third-order valence-electron chi connectivity index (χ3n) is 4.12. The van der Waals surface area contributed by atoms with Crippen LogP contribution in [0.3, 0.4) is 0 Å². The van der Waals surface area contributed by atoms with Gasteiger partial charge in [-0.15, -0.1) is 0 Å². The fourth-order valence-corrected chi connectivity index (χ4v) is 4.23. The van der Waals surface area contributed by atoms with E-state index in [1.54, 1.807) is 5.48 Å². The van der Waals surface area contributed by atoms with Crippen molar-refractivity contribution in [2.45, 2.75) is 18.4 Å². The van der Waals surface area contributed by atoms with Crippen LogP contribution in [0.5, 0.6) is 0 Å². The summed E-state index contributed by atoms with van der Waals surface area (Å²) < 4.78 is 24.6. The summed E-state index contributed by atoms with van der Waals surface area (Å²) in [7, 11) is -3.36. The van der Waals surface area contributed by atoms with Gasteiger partial charge in [0, 0.05) is 18.7 Å². The number of hydroxylamine groups is 1. The van der Waals surface area contributed by atoms with Crippen molar-refractivity contribution < 1.29 is 18.4 Å². The fraction of sp³-hybridized carbons (Fsp3) is 0.235. The smallest absolute Gasteiger partial charge is 0.274 e. The third-order valence-corrected chi connectivity index (χ3v) is 5.86.